The van der Waals surface area contributed by atoms with Crippen molar-refractivity contribution >= 4 is 23.3 Å². The number of aryl methyl sites for hydroxylation is 2. The van der Waals surface area contributed by atoms with Crippen LogP contribution in [0, 0.1) is 13.8 Å². The van der Waals surface area contributed by atoms with Gasteiger partial charge in [0.1, 0.15) is 10.8 Å². The first kappa shape index (κ1) is 20.7. The summed E-state index contributed by atoms with van der Waals surface area (Å²) >= 11 is 1.52. The molecule has 1 saturated heterocycles. The van der Waals surface area contributed by atoms with Gasteiger partial charge in [0.25, 0.3) is 0 Å². The largest absolute Gasteiger partial charge is 0.496 e. The van der Waals surface area contributed by atoms with Gasteiger partial charge in [-0.2, -0.15) is 5.10 Å². The second-order valence-electron chi connectivity index (χ2n) is 7.60. The van der Waals surface area contributed by atoms with Gasteiger partial charge in [0.05, 0.1) is 24.1 Å². The summed E-state index contributed by atoms with van der Waals surface area (Å²) in [7, 11) is 3.76. The van der Waals surface area contributed by atoms with E-state index in [-0.39, 0.29) is 5.91 Å². The number of benzene rings is 1. The van der Waals surface area contributed by atoms with Gasteiger partial charge < -0.3 is 14.5 Å². The zero-order valence-corrected chi connectivity index (χ0v) is 18.7. The fourth-order valence-corrected chi connectivity index (χ4v) is 4.72. The van der Waals surface area contributed by atoms with Crippen LogP contribution in [-0.4, -0.2) is 76.4 Å². The minimum atomic E-state index is 0.171. The number of hydrogen-bond acceptors (Lipinski definition) is 6. The van der Waals surface area contributed by atoms with Crippen molar-refractivity contribution in [1.29, 1.82) is 0 Å². The van der Waals surface area contributed by atoms with E-state index in [4.69, 9.17) is 14.8 Å². The normalized spacial score (nSPS) is 15.0. The summed E-state index contributed by atoms with van der Waals surface area (Å²) in [4.78, 5) is 21.7. The van der Waals surface area contributed by atoms with Crippen LogP contribution in [0.5, 0.6) is 5.75 Å². The fraction of sp³-hybridized carbons (Fsp3) is 0.409. The van der Waals surface area contributed by atoms with Crippen LogP contribution in [0.25, 0.3) is 16.8 Å². The number of ether oxygens (including phenoxy) is 1. The molecule has 7 nitrogen and oxygen atoms in total. The van der Waals surface area contributed by atoms with Crippen molar-refractivity contribution in [1.82, 2.24) is 24.4 Å². The van der Waals surface area contributed by atoms with E-state index in [0.717, 1.165) is 65.1 Å². The first-order chi connectivity index (χ1) is 14.5. The molecule has 1 aromatic carbocycles. The van der Waals surface area contributed by atoms with E-state index < -0.39 is 0 Å². The number of nitrogens with zero attached hydrogens (tertiary/aromatic N) is 5. The van der Waals surface area contributed by atoms with Crippen LogP contribution in [0.2, 0.25) is 0 Å². The summed E-state index contributed by atoms with van der Waals surface area (Å²) in [6.45, 7) is 7.39. The molecule has 0 atom stereocenters. The van der Waals surface area contributed by atoms with Gasteiger partial charge in [-0.05, 0) is 33.0 Å². The van der Waals surface area contributed by atoms with Crippen molar-refractivity contribution in [2.24, 2.45) is 0 Å². The molecule has 2 aromatic heterocycles. The van der Waals surface area contributed by atoms with Crippen LogP contribution in [0.15, 0.2) is 35.4 Å². The van der Waals surface area contributed by atoms with Gasteiger partial charge in [0, 0.05) is 37.4 Å². The summed E-state index contributed by atoms with van der Waals surface area (Å²) in [5.41, 5.74) is 4.49. The lowest BCUT2D eigenvalue weighted by Gasteiger charge is -2.32. The third kappa shape index (κ3) is 4.02. The lowest BCUT2D eigenvalue weighted by molar-refractivity contribution is -0.129. The predicted octanol–water partition coefficient (Wildman–Crippen LogP) is 2.89. The average molecular weight is 426 g/mol. The molecule has 0 aliphatic carbocycles. The van der Waals surface area contributed by atoms with Gasteiger partial charge in [-0.15, -0.1) is 0 Å². The minimum absolute atomic E-state index is 0.171. The topological polar surface area (TPSA) is 63.0 Å². The van der Waals surface area contributed by atoms with E-state index in [2.05, 4.69) is 11.9 Å². The number of rotatable bonds is 5. The van der Waals surface area contributed by atoms with Gasteiger partial charge in [0.2, 0.25) is 5.91 Å². The van der Waals surface area contributed by atoms with Crippen molar-refractivity contribution < 1.29 is 9.53 Å². The zero-order chi connectivity index (χ0) is 21.3. The number of methoxy groups -OCH3 is 1. The number of thioether (sulfide) groups is 1. The van der Waals surface area contributed by atoms with E-state index >= 15 is 0 Å². The summed E-state index contributed by atoms with van der Waals surface area (Å²) < 4.78 is 7.42. The minimum Gasteiger partial charge on any atom is -0.496 e. The molecule has 3 aromatic rings. The smallest absolute Gasteiger partial charge is 0.233 e. The van der Waals surface area contributed by atoms with Crippen LogP contribution in [-0.2, 0) is 4.79 Å². The fourth-order valence-electron chi connectivity index (χ4n) is 3.76. The molecular formula is C22H27N5O2S. The van der Waals surface area contributed by atoms with Crippen molar-refractivity contribution in [3.8, 4) is 16.9 Å². The van der Waals surface area contributed by atoms with Crippen LogP contribution >= 0.6 is 11.8 Å². The Morgan fingerprint density at radius 3 is 2.63 bits per heavy atom. The maximum Gasteiger partial charge on any atom is 0.233 e. The summed E-state index contributed by atoms with van der Waals surface area (Å²) in [5, 5.41) is 5.67. The first-order valence-electron chi connectivity index (χ1n) is 10.1. The van der Waals surface area contributed by atoms with Crippen molar-refractivity contribution in [2.45, 2.75) is 18.9 Å². The number of hydrogen-bond donors (Lipinski definition) is 0. The molecule has 1 amide bonds. The van der Waals surface area contributed by atoms with E-state index in [1.54, 1.807) is 7.11 Å². The van der Waals surface area contributed by atoms with E-state index in [1.165, 1.54) is 11.8 Å². The number of piperazine rings is 1. The van der Waals surface area contributed by atoms with Gasteiger partial charge in [0.15, 0.2) is 5.65 Å². The van der Waals surface area contributed by atoms with Gasteiger partial charge in [-0.1, -0.05) is 30.0 Å². The van der Waals surface area contributed by atoms with Gasteiger partial charge in [-0.3, -0.25) is 4.79 Å². The van der Waals surface area contributed by atoms with Crippen molar-refractivity contribution in [3.63, 3.8) is 0 Å². The van der Waals surface area contributed by atoms with Crippen LogP contribution in [0.4, 0.5) is 0 Å². The standard InChI is InChI=1S/C22H27N5O2S/c1-15-13-20(30-14-19(28)26-11-9-25(3)10-12-26)27-22(23-15)21(16(2)24-27)17-7-5-6-8-18(17)29-4/h5-8,13H,9-12,14H2,1-4H3. The molecule has 0 bridgehead atoms. The maximum atomic E-state index is 12.7. The molecule has 8 heteroatoms. The first-order valence-corrected chi connectivity index (χ1v) is 11.1. The molecule has 1 aliphatic rings. The van der Waals surface area contributed by atoms with E-state index in [0.29, 0.717) is 5.75 Å². The van der Waals surface area contributed by atoms with Crippen LogP contribution < -0.4 is 4.74 Å². The lowest BCUT2D eigenvalue weighted by atomic mass is 10.1. The van der Waals surface area contributed by atoms with E-state index in [9.17, 15) is 4.79 Å². The summed E-state index contributed by atoms with van der Waals surface area (Å²) in [6, 6.07) is 9.90. The van der Waals surface area contributed by atoms with Crippen molar-refractivity contribution in [2.75, 3.05) is 46.1 Å². The number of likely N-dealkylation sites (N-methyl/N-ethyl adjacent to an activating group) is 1. The molecule has 1 aliphatic heterocycles. The zero-order valence-electron chi connectivity index (χ0n) is 17.9. The maximum absolute atomic E-state index is 12.7. The van der Waals surface area contributed by atoms with Crippen molar-refractivity contribution in [3.05, 3.63) is 41.7 Å². The molecule has 0 saturated carbocycles. The molecule has 158 valence electrons. The Balaban J connectivity index is 1.65. The molecule has 4 rings (SSSR count). The van der Waals surface area contributed by atoms with Crippen LogP contribution in [0.1, 0.15) is 11.4 Å². The Hall–Kier alpha value is -2.58. The number of carbonyl (C=O) groups excluding carboxylic acids is 1. The highest BCUT2D eigenvalue weighted by molar-refractivity contribution is 7.99. The van der Waals surface area contributed by atoms with Crippen LogP contribution in [0.3, 0.4) is 0 Å². The molecule has 0 radical (unpaired) electrons. The Morgan fingerprint density at radius 1 is 1.17 bits per heavy atom. The van der Waals surface area contributed by atoms with Gasteiger partial charge in [-0.25, -0.2) is 9.50 Å². The molecule has 0 N–H and O–H groups in total. The van der Waals surface area contributed by atoms with Gasteiger partial charge >= 0.3 is 0 Å². The number of carbonyl (C=O) groups is 1. The third-order valence-corrected chi connectivity index (χ3v) is 6.41. The third-order valence-electron chi connectivity index (χ3n) is 5.44. The Kier molecular flexibility index (Phi) is 5.97. The predicted molar refractivity (Wildman–Crippen MR) is 119 cm³/mol. The molecule has 0 spiro atoms. The quantitative estimate of drug-likeness (QED) is 0.463. The molecule has 0 unspecified atom stereocenters. The number of para-hydroxylation sites is 1. The Bertz CT molecular complexity index is 1070. The second kappa shape index (κ2) is 8.65. The number of amides is 1. The highest BCUT2D eigenvalue weighted by Crippen LogP contribution is 2.35. The average Bonchev–Trinajstić information content (AvgIpc) is 3.07. The Morgan fingerprint density at radius 2 is 1.90 bits per heavy atom. The molecule has 1 fully saturated rings. The number of fused-ring (bicyclic) bond motifs is 1. The highest BCUT2D eigenvalue weighted by Gasteiger charge is 2.22. The monoisotopic (exact) mass is 425 g/mol. The summed E-state index contributed by atoms with van der Waals surface area (Å²) in [5.74, 6) is 1.35. The SMILES string of the molecule is COc1ccccc1-c1c(C)nn2c(SCC(=O)N3CCN(C)CC3)cc(C)nc12. The molecule has 30 heavy (non-hydrogen) atoms. The highest BCUT2D eigenvalue weighted by atomic mass is 32.2. The lowest BCUT2D eigenvalue weighted by Crippen LogP contribution is -2.47. The molecule has 3 heterocycles. The van der Waals surface area contributed by atoms with E-state index in [1.807, 2.05) is 53.6 Å². The second-order valence-corrected chi connectivity index (χ2v) is 8.60. The number of aromatic nitrogens is 3. The molecular weight excluding hydrogens is 398 g/mol. The Labute approximate surface area is 181 Å². The summed E-state index contributed by atoms with van der Waals surface area (Å²) in [6.07, 6.45) is 0.